The first-order valence-electron chi connectivity index (χ1n) is 5.68. The van der Waals surface area contributed by atoms with Gasteiger partial charge in [-0.05, 0) is 25.0 Å². The molecule has 1 aromatic carbocycles. The number of hydrogen-bond acceptors (Lipinski definition) is 2. The predicted octanol–water partition coefficient (Wildman–Crippen LogP) is 3.52. The average molecular weight is 286 g/mol. The summed E-state index contributed by atoms with van der Waals surface area (Å²) in [5.41, 5.74) is 1.29. The number of rotatable bonds is 6. The largest absolute Gasteiger partial charge is 0.383 e. The van der Waals surface area contributed by atoms with Crippen LogP contribution in [-0.4, -0.2) is 19.8 Å². The zero-order valence-electron chi connectivity index (χ0n) is 10.2. The molecule has 0 amide bonds. The van der Waals surface area contributed by atoms with Gasteiger partial charge in [-0.2, -0.15) is 0 Å². The standard InChI is InChI=1S/C13H20BrNO/c1-4-11(9-16-3)15-10(2)12-7-5-6-8-13(12)14/h5-8,10-11,15H,4,9H2,1-3H3/t10-,11?/m0/s1. The summed E-state index contributed by atoms with van der Waals surface area (Å²) >= 11 is 3.58. The van der Waals surface area contributed by atoms with Crippen LogP contribution in [0.25, 0.3) is 0 Å². The molecule has 0 fully saturated rings. The maximum absolute atomic E-state index is 5.19. The maximum Gasteiger partial charge on any atom is 0.0615 e. The first-order valence-corrected chi connectivity index (χ1v) is 6.47. The quantitative estimate of drug-likeness (QED) is 0.864. The molecule has 0 aliphatic rings. The Morgan fingerprint density at radius 1 is 1.38 bits per heavy atom. The molecule has 2 nitrogen and oxygen atoms in total. The molecule has 1 aromatic rings. The van der Waals surface area contributed by atoms with Crippen molar-refractivity contribution >= 4 is 15.9 Å². The molecule has 0 aliphatic carbocycles. The monoisotopic (exact) mass is 285 g/mol. The Kier molecular flexibility index (Phi) is 6.03. The second kappa shape index (κ2) is 7.05. The van der Waals surface area contributed by atoms with Gasteiger partial charge in [0.15, 0.2) is 0 Å². The highest BCUT2D eigenvalue weighted by molar-refractivity contribution is 9.10. The zero-order valence-corrected chi connectivity index (χ0v) is 11.8. The van der Waals surface area contributed by atoms with Crippen molar-refractivity contribution in [1.82, 2.24) is 5.32 Å². The van der Waals surface area contributed by atoms with Crippen LogP contribution in [0.4, 0.5) is 0 Å². The molecular formula is C13H20BrNO. The van der Waals surface area contributed by atoms with Gasteiger partial charge in [-0.3, -0.25) is 0 Å². The number of methoxy groups -OCH3 is 1. The Balaban J connectivity index is 2.64. The van der Waals surface area contributed by atoms with E-state index in [-0.39, 0.29) is 0 Å². The summed E-state index contributed by atoms with van der Waals surface area (Å²) in [6.45, 7) is 5.10. The topological polar surface area (TPSA) is 21.3 Å². The highest BCUT2D eigenvalue weighted by atomic mass is 79.9. The Labute approximate surface area is 107 Å². The van der Waals surface area contributed by atoms with Gasteiger partial charge in [0.2, 0.25) is 0 Å². The van der Waals surface area contributed by atoms with Crippen molar-refractivity contribution < 1.29 is 4.74 Å². The van der Waals surface area contributed by atoms with Gasteiger partial charge in [-0.1, -0.05) is 41.1 Å². The van der Waals surface area contributed by atoms with Gasteiger partial charge in [0.25, 0.3) is 0 Å². The van der Waals surface area contributed by atoms with Gasteiger partial charge < -0.3 is 10.1 Å². The number of ether oxygens (including phenoxy) is 1. The molecule has 16 heavy (non-hydrogen) atoms. The average Bonchev–Trinajstić information content (AvgIpc) is 2.28. The Morgan fingerprint density at radius 2 is 2.06 bits per heavy atom. The van der Waals surface area contributed by atoms with E-state index in [4.69, 9.17) is 4.74 Å². The highest BCUT2D eigenvalue weighted by Gasteiger charge is 2.13. The van der Waals surface area contributed by atoms with E-state index in [1.807, 2.05) is 6.07 Å². The van der Waals surface area contributed by atoms with E-state index < -0.39 is 0 Å². The van der Waals surface area contributed by atoms with Crippen LogP contribution in [0.2, 0.25) is 0 Å². The molecule has 1 N–H and O–H groups in total. The lowest BCUT2D eigenvalue weighted by Crippen LogP contribution is -2.34. The van der Waals surface area contributed by atoms with Crippen LogP contribution in [0.1, 0.15) is 31.9 Å². The van der Waals surface area contributed by atoms with Gasteiger partial charge in [-0.25, -0.2) is 0 Å². The molecule has 0 bridgehead atoms. The lowest BCUT2D eigenvalue weighted by molar-refractivity contribution is 0.159. The fourth-order valence-electron chi connectivity index (χ4n) is 1.75. The van der Waals surface area contributed by atoms with E-state index in [1.54, 1.807) is 7.11 Å². The van der Waals surface area contributed by atoms with Crippen molar-refractivity contribution in [2.24, 2.45) is 0 Å². The zero-order chi connectivity index (χ0) is 12.0. The molecule has 0 aliphatic heterocycles. The molecule has 0 heterocycles. The van der Waals surface area contributed by atoms with E-state index >= 15 is 0 Å². The molecular weight excluding hydrogens is 266 g/mol. The predicted molar refractivity (Wildman–Crippen MR) is 71.6 cm³/mol. The molecule has 1 rings (SSSR count). The Hall–Kier alpha value is -0.380. The SMILES string of the molecule is CCC(COC)N[C@@H](C)c1ccccc1Br. The lowest BCUT2D eigenvalue weighted by atomic mass is 10.1. The first-order chi connectivity index (χ1) is 7.69. The smallest absolute Gasteiger partial charge is 0.0615 e. The van der Waals surface area contributed by atoms with Crippen LogP contribution in [0.15, 0.2) is 28.7 Å². The van der Waals surface area contributed by atoms with Gasteiger partial charge in [-0.15, -0.1) is 0 Å². The van der Waals surface area contributed by atoms with Crippen LogP contribution in [0.5, 0.6) is 0 Å². The Bertz CT molecular complexity index is 317. The van der Waals surface area contributed by atoms with Crippen molar-refractivity contribution in [3.05, 3.63) is 34.3 Å². The summed E-state index contributed by atoms with van der Waals surface area (Å²) < 4.78 is 6.34. The van der Waals surface area contributed by atoms with Crippen LogP contribution in [0, 0.1) is 0 Å². The lowest BCUT2D eigenvalue weighted by Gasteiger charge is -2.22. The molecule has 1 unspecified atom stereocenters. The number of hydrogen-bond donors (Lipinski definition) is 1. The molecule has 90 valence electrons. The number of benzene rings is 1. The molecule has 0 saturated carbocycles. The van der Waals surface area contributed by atoms with E-state index in [2.05, 4.69) is 53.3 Å². The molecule has 0 saturated heterocycles. The third-order valence-corrected chi connectivity index (χ3v) is 3.44. The molecule has 0 spiro atoms. The second-order valence-electron chi connectivity index (χ2n) is 3.97. The van der Waals surface area contributed by atoms with Crippen molar-refractivity contribution in [3.8, 4) is 0 Å². The van der Waals surface area contributed by atoms with Crippen molar-refractivity contribution in [3.63, 3.8) is 0 Å². The Morgan fingerprint density at radius 3 is 2.62 bits per heavy atom. The minimum absolute atomic E-state index is 0.329. The molecule has 3 heteroatoms. The van der Waals surface area contributed by atoms with E-state index in [0.717, 1.165) is 17.5 Å². The second-order valence-corrected chi connectivity index (χ2v) is 4.82. The van der Waals surface area contributed by atoms with E-state index in [0.29, 0.717) is 12.1 Å². The fraction of sp³-hybridized carbons (Fsp3) is 0.538. The van der Waals surface area contributed by atoms with Crippen LogP contribution < -0.4 is 5.32 Å². The molecule has 0 radical (unpaired) electrons. The minimum Gasteiger partial charge on any atom is -0.383 e. The summed E-state index contributed by atoms with van der Waals surface area (Å²) in [6, 6.07) is 9.05. The van der Waals surface area contributed by atoms with Crippen LogP contribution >= 0.6 is 15.9 Å². The van der Waals surface area contributed by atoms with Gasteiger partial charge >= 0.3 is 0 Å². The minimum atomic E-state index is 0.329. The highest BCUT2D eigenvalue weighted by Crippen LogP contribution is 2.23. The van der Waals surface area contributed by atoms with Crippen molar-refractivity contribution in [2.45, 2.75) is 32.4 Å². The van der Waals surface area contributed by atoms with E-state index in [9.17, 15) is 0 Å². The van der Waals surface area contributed by atoms with Crippen molar-refractivity contribution in [2.75, 3.05) is 13.7 Å². The summed E-state index contributed by atoms with van der Waals surface area (Å²) in [6.07, 6.45) is 1.07. The number of halogens is 1. The van der Waals surface area contributed by atoms with E-state index in [1.165, 1.54) is 5.56 Å². The van der Waals surface area contributed by atoms with Gasteiger partial charge in [0.05, 0.1) is 6.61 Å². The molecule has 0 aromatic heterocycles. The normalized spacial score (nSPS) is 14.8. The van der Waals surface area contributed by atoms with Gasteiger partial charge in [0, 0.05) is 23.7 Å². The maximum atomic E-state index is 5.19. The number of nitrogens with one attached hydrogen (secondary N) is 1. The van der Waals surface area contributed by atoms with Crippen molar-refractivity contribution in [1.29, 1.82) is 0 Å². The summed E-state index contributed by atoms with van der Waals surface area (Å²) in [5.74, 6) is 0. The third kappa shape index (κ3) is 3.89. The molecule has 2 atom stereocenters. The summed E-state index contributed by atoms with van der Waals surface area (Å²) in [5, 5.41) is 3.57. The fourth-order valence-corrected chi connectivity index (χ4v) is 2.38. The first kappa shape index (κ1) is 13.7. The third-order valence-electron chi connectivity index (χ3n) is 2.72. The van der Waals surface area contributed by atoms with Gasteiger partial charge in [0.1, 0.15) is 0 Å². The summed E-state index contributed by atoms with van der Waals surface area (Å²) in [7, 11) is 1.74. The van der Waals surface area contributed by atoms with Crippen LogP contribution in [-0.2, 0) is 4.74 Å². The summed E-state index contributed by atoms with van der Waals surface area (Å²) in [4.78, 5) is 0. The van der Waals surface area contributed by atoms with Crippen LogP contribution in [0.3, 0.4) is 0 Å².